The molecular formula is C11H25N3. The van der Waals surface area contributed by atoms with Crippen molar-refractivity contribution in [2.75, 3.05) is 46.3 Å². The summed E-state index contributed by atoms with van der Waals surface area (Å²) in [6.07, 6.45) is 2.51. The number of rotatable bonds is 4. The molecule has 1 atom stereocenters. The van der Waals surface area contributed by atoms with Gasteiger partial charge in [0.05, 0.1) is 0 Å². The number of likely N-dealkylation sites (N-methyl/N-ethyl adjacent to an activating group) is 1. The highest BCUT2D eigenvalue weighted by Gasteiger charge is 2.14. The van der Waals surface area contributed by atoms with Crippen LogP contribution in [0.4, 0.5) is 0 Å². The molecule has 2 N–H and O–H groups in total. The van der Waals surface area contributed by atoms with Crippen LogP contribution in [0.1, 0.15) is 19.8 Å². The van der Waals surface area contributed by atoms with Crippen LogP contribution in [-0.4, -0.2) is 56.1 Å². The molecule has 0 aromatic rings. The molecule has 14 heavy (non-hydrogen) atoms. The molecule has 1 aliphatic heterocycles. The van der Waals surface area contributed by atoms with Crippen molar-refractivity contribution >= 4 is 0 Å². The van der Waals surface area contributed by atoms with E-state index in [1.54, 1.807) is 0 Å². The number of hydrogen-bond acceptors (Lipinski definition) is 3. The lowest BCUT2D eigenvalue weighted by molar-refractivity contribution is 0.234. The van der Waals surface area contributed by atoms with Crippen LogP contribution in [0.25, 0.3) is 0 Å². The number of nitrogens with zero attached hydrogens (tertiary/aromatic N) is 2. The lowest BCUT2D eigenvalue weighted by Crippen LogP contribution is -2.35. The van der Waals surface area contributed by atoms with E-state index in [-0.39, 0.29) is 0 Å². The first kappa shape index (κ1) is 12.0. The summed E-state index contributed by atoms with van der Waals surface area (Å²) in [4.78, 5) is 4.99. The van der Waals surface area contributed by atoms with Gasteiger partial charge in [-0.3, -0.25) is 0 Å². The minimum Gasteiger partial charge on any atom is -0.330 e. The molecule has 0 spiro atoms. The molecule has 84 valence electrons. The fraction of sp³-hybridized carbons (Fsp3) is 1.00. The second-order valence-corrected chi connectivity index (χ2v) is 4.47. The lowest BCUT2D eigenvalue weighted by atomic mass is 10.1. The van der Waals surface area contributed by atoms with Crippen molar-refractivity contribution in [1.82, 2.24) is 9.80 Å². The molecule has 0 aromatic carbocycles. The van der Waals surface area contributed by atoms with Gasteiger partial charge in [0.1, 0.15) is 0 Å². The molecule has 0 radical (unpaired) electrons. The fourth-order valence-electron chi connectivity index (χ4n) is 2.02. The third kappa shape index (κ3) is 3.95. The molecule has 0 aromatic heterocycles. The van der Waals surface area contributed by atoms with Gasteiger partial charge in [0.25, 0.3) is 0 Å². The van der Waals surface area contributed by atoms with Crippen LogP contribution in [0.5, 0.6) is 0 Å². The molecule has 1 saturated heterocycles. The lowest BCUT2D eigenvalue weighted by Gasteiger charge is -2.24. The molecule has 3 nitrogen and oxygen atoms in total. The van der Waals surface area contributed by atoms with E-state index in [2.05, 4.69) is 23.8 Å². The highest BCUT2D eigenvalue weighted by Crippen LogP contribution is 2.07. The van der Waals surface area contributed by atoms with Crippen LogP contribution < -0.4 is 5.73 Å². The monoisotopic (exact) mass is 199 g/mol. The van der Waals surface area contributed by atoms with E-state index in [0.717, 1.165) is 6.54 Å². The maximum atomic E-state index is 5.73. The third-order valence-electron chi connectivity index (χ3n) is 3.24. The minimum absolute atomic E-state index is 0.693. The first-order valence-corrected chi connectivity index (χ1v) is 5.87. The van der Waals surface area contributed by atoms with Crippen LogP contribution in [-0.2, 0) is 0 Å². The van der Waals surface area contributed by atoms with Crippen molar-refractivity contribution < 1.29 is 0 Å². The molecule has 3 heteroatoms. The van der Waals surface area contributed by atoms with E-state index in [4.69, 9.17) is 5.73 Å². The standard InChI is InChI=1S/C11H25N3/c1-3-11(9-12)10-14-6-4-5-13(2)7-8-14/h11H,3-10,12H2,1-2H3. The van der Waals surface area contributed by atoms with Crippen LogP contribution in [0.3, 0.4) is 0 Å². The van der Waals surface area contributed by atoms with Crippen molar-refractivity contribution in [3.63, 3.8) is 0 Å². The van der Waals surface area contributed by atoms with E-state index < -0.39 is 0 Å². The van der Waals surface area contributed by atoms with Crippen molar-refractivity contribution in [1.29, 1.82) is 0 Å². The van der Waals surface area contributed by atoms with Crippen molar-refractivity contribution in [2.24, 2.45) is 11.7 Å². The van der Waals surface area contributed by atoms with Crippen LogP contribution in [0.2, 0.25) is 0 Å². The SMILES string of the molecule is CCC(CN)CN1CCCN(C)CC1. The van der Waals surface area contributed by atoms with Gasteiger partial charge in [-0.25, -0.2) is 0 Å². The van der Waals surface area contributed by atoms with Gasteiger partial charge >= 0.3 is 0 Å². The second kappa shape index (κ2) is 6.38. The summed E-state index contributed by atoms with van der Waals surface area (Å²) in [5.41, 5.74) is 5.73. The highest BCUT2D eigenvalue weighted by atomic mass is 15.2. The van der Waals surface area contributed by atoms with Crippen molar-refractivity contribution in [3.05, 3.63) is 0 Å². The molecule has 1 fully saturated rings. The van der Waals surface area contributed by atoms with E-state index in [1.165, 1.54) is 45.6 Å². The first-order valence-electron chi connectivity index (χ1n) is 5.87. The Kier molecular flexibility index (Phi) is 5.45. The van der Waals surface area contributed by atoms with E-state index in [1.807, 2.05) is 0 Å². The van der Waals surface area contributed by atoms with Crippen molar-refractivity contribution in [3.8, 4) is 0 Å². The second-order valence-electron chi connectivity index (χ2n) is 4.47. The zero-order valence-electron chi connectivity index (χ0n) is 9.71. The molecular weight excluding hydrogens is 174 g/mol. The Morgan fingerprint density at radius 1 is 1.21 bits per heavy atom. The zero-order valence-corrected chi connectivity index (χ0v) is 9.71. The molecule has 1 aliphatic rings. The molecule has 0 saturated carbocycles. The van der Waals surface area contributed by atoms with Gasteiger partial charge in [-0.2, -0.15) is 0 Å². The van der Waals surface area contributed by atoms with Gasteiger partial charge in [0.2, 0.25) is 0 Å². The Hall–Kier alpha value is -0.120. The summed E-state index contributed by atoms with van der Waals surface area (Å²) in [5.74, 6) is 0.693. The summed E-state index contributed by atoms with van der Waals surface area (Å²) in [6.45, 7) is 9.19. The third-order valence-corrected chi connectivity index (χ3v) is 3.24. The summed E-state index contributed by atoms with van der Waals surface area (Å²) in [5, 5.41) is 0. The molecule has 1 heterocycles. The van der Waals surface area contributed by atoms with Gasteiger partial charge in [-0.15, -0.1) is 0 Å². The summed E-state index contributed by atoms with van der Waals surface area (Å²) in [7, 11) is 2.21. The molecule has 0 amide bonds. The average Bonchev–Trinajstić information content (AvgIpc) is 2.40. The minimum atomic E-state index is 0.693. The predicted molar refractivity (Wildman–Crippen MR) is 61.4 cm³/mol. The smallest absolute Gasteiger partial charge is 0.0109 e. The maximum absolute atomic E-state index is 5.73. The highest BCUT2D eigenvalue weighted by molar-refractivity contribution is 4.70. The number of nitrogens with two attached hydrogens (primary N) is 1. The number of hydrogen-bond donors (Lipinski definition) is 1. The van der Waals surface area contributed by atoms with Crippen molar-refractivity contribution in [2.45, 2.75) is 19.8 Å². The zero-order chi connectivity index (χ0) is 10.4. The van der Waals surface area contributed by atoms with E-state index in [9.17, 15) is 0 Å². The van der Waals surface area contributed by atoms with Gasteiger partial charge in [-0.1, -0.05) is 13.3 Å². The predicted octanol–water partition coefficient (Wildman–Crippen LogP) is 0.609. The topological polar surface area (TPSA) is 32.5 Å². The maximum Gasteiger partial charge on any atom is 0.0109 e. The normalized spacial score (nSPS) is 23.4. The summed E-state index contributed by atoms with van der Waals surface area (Å²) >= 11 is 0. The van der Waals surface area contributed by atoms with Gasteiger partial charge in [0.15, 0.2) is 0 Å². The van der Waals surface area contributed by atoms with Crippen LogP contribution in [0, 0.1) is 5.92 Å². The van der Waals surface area contributed by atoms with Gasteiger partial charge < -0.3 is 15.5 Å². The Morgan fingerprint density at radius 2 is 2.00 bits per heavy atom. The largest absolute Gasteiger partial charge is 0.330 e. The fourth-order valence-corrected chi connectivity index (χ4v) is 2.02. The van der Waals surface area contributed by atoms with Crippen LogP contribution in [0.15, 0.2) is 0 Å². The average molecular weight is 199 g/mol. The Bertz CT molecular complexity index is 145. The van der Waals surface area contributed by atoms with Crippen LogP contribution >= 0.6 is 0 Å². The summed E-state index contributed by atoms with van der Waals surface area (Å²) < 4.78 is 0. The Morgan fingerprint density at radius 3 is 2.64 bits per heavy atom. The summed E-state index contributed by atoms with van der Waals surface area (Å²) in [6, 6.07) is 0. The first-order chi connectivity index (χ1) is 6.76. The molecule has 1 rings (SSSR count). The Balaban J connectivity index is 2.29. The van der Waals surface area contributed by atoms with E-state index in [0.29, 0.717) is 5.92 Å². The quantitative estimate of drug-likeness (QED) is 0.720. The Labute approximate surface area is 88.2 Å². The van der Waals surface area contributed by atoms with Gasteiger partial charge in [0, 0.05) is 19.6 Å². The molecule has 0 aliphatic carbocycles. The van der Waals surface area contributed by atoms with Gasteiger partial charge in [-0.05, 0) is 39.0 Å². The van der Waals surface area contributed by atoms with E-state index >= 15 is 0 Å². The molecule has 0 bridgehead atoms. The molecule has 1 unspecified atom stereocenters.